The second kappa shape index (κ2) is 9.22. The number of ether oxygens (including phenoxy) is 1. The molecule has 2 aromatic carbocycles. The quantitative estimate of drug-likeness (QED) is 0.210. The predicted octanol–water partition coefficient (Wildman–Crippen LogP) is 6.30. The Morgan fingerprint density at radius 1 is 1.23 bits per heavy atom. The summed E-state index contributed by atoms with van der Waals surface area (Å²) in [5.41, 5.74) is -1.32. The van der Waals surface area contributed by atoms with Crippen molar-refractivity contribution in [3.63, 3.8) is 0 Å². The average Bonchev–Trinajstić information content (AvgIpc) is 2.62. The third-order valence-corrected chi connectivity index (χ3v) is 5.35. The molecule has 0 radical (unpaired) electrons. The Balaban J connectivity index is 2.29. The third kappa shape index (κ3) is 6.33. The van der Waals surface area contributed by atoms with Crippen LogP contribution in [0.15, 0.2) is 36.4 Å². The first-order valence-corrected chi connectivity index (χ1v) is 10.6. The fourth-order valence-electron chi connectivity index (χ4n) is 2.32. The first-order valence-electron chi connectivity index (χ1n) is 8.23. The number of rotatable bonds is 8. The number of alkyl halides is 3. The predicted molar refractivity (Wildman–Crippen MR) is 104 cm³/mol. The van der Waals surface area contributed by atoms with E-state index in [4.69, 9.17) is 25.4 Å². The molecule has 13 heteroatoms. The summed E-state index contributed by atoms with van der Waals surface area (Å²) in [5.74, 6) is -0.0189. The van der Waals surface area contributed by atoms with Crippen LogP contribution in [0.5, 0.6) is 11.5 Å². The smallest absolute Gasteiger partial charge is 0.416 e. The molecule has 0 aliphatic rings. The fourth-order valence-corrected chi connectivity index (χ4v) is 3.25. The lowest BCUT2D eigenvalue weighted by molar-refractivity contribution is -0.384. The summed E-state index contributed by atoms with van der Waals surface area (Å²) in [6.45, 7) is 2.69. The number of halogens is 4. The van der Waals surface area contributed by atoms with E-state index in [1.54, 1.807) is 0 Å². The summed E-state index contributed by atoms with van der Waals surface area (Å²) in [6, 6.07) is 6.16. The van der Waals surface area contributed by atoms with Gasteiger partial charge in [0.25, 0.3) is 5.69 Å². The van der Waals surface area contributed by atoms with E-state index in [1.807, 2.05) is 0 Å². The van der Waals surface area contributed by atoms with Crippen LogP contribution in [-0.4, -0.2) is 24.9 Å². The molecule has 8 nitrogen and oxygen atoms in total. The van der Waals surface area contributed by atoms with Crippen LogP contribution in [0, 0.1) is 10.1 Å². The van der Waals surface area contributed by atoms with Crippen molar-refractivity contribution in [1.29, 1.82) is 0 Å². The molecule has 0 bridgehead atoms. The molecule has 0 saturated carbocycles. The minimum Gasteiger partial charge on any atom is -0.456 e. The molecule has 2 atom stereocenters. The van der Waals surface area contributed by atoms with Crippen molar-refractivity contribution >= 4 is 30.6 Å². The van der Waals surface area contributed by atoms with Gasteiger partial charge >= 0.3 is 13.8 Å². The number of hydrogen-bond acceptors (Lipinski definition) is 7. The van der Waals surface area contributed by atoms with Crippen molar-refractivity contribution in [3.8, 4) is 11.5 Å². The summed E-state index contributed by atoms with van der Waals surface area (Å²) >= 11 is 5.87. The monoisotopic (exact) mass is 468 g/mol. The lowest BCUT2D eigenvalue weighted by Crippen LogP contribution is -2.18. The maximum Gasteiger partial charge on any atom is 0.416 e. The number of nitro groups is 1. The summed E-state index contributed by atoms with van der Waals surface area (Å²) in [6.07, 6.45) is -5.51. The van der Waals surface area contributed by atoms with E-state index in [-0.39, 0.29) is 27.9 Å². The van der Waals surface area contributed by atoms with Gasteiger partial charge < -0.3 is 14.6 Å². The highest BCUT2D eigenvalue weighted by Gasteiger charge is 2.31. The highest BCUT2D eigenvalue weighted by Crippen LogP contribution is 2.44. The van der Waals surface area contributed by atoms with Crippen molar-refractivity contribution in [2.24, 2.45) is 0 Å². The minimum atomic E-state index is -4.57. The van der Waals surface area contributed by atoms with Crippen LogP contribution in [0.2, 0.25) is 5.02 Å². The molecule has 0 saturated heterocycles. The van der Waals surface area contributed by atoms with Gasteiger partial charge in [-0.05, 0) is 31.2 Å². The maximum atomic E-state index is 12.8. The van der Waals surface area contributed by atoms with Crippen molar-refractivity contribution in [2.45, 2.75) is 19.3 Å². The highest BCUT2D eigenvalue weighted by atomic mass is 35.5. The van der Waals surface area contributed by atoms with Gasteiger partial charge in [0.15, 0.2) is 0 Å². The van der Waals surface area contributed by atoms with Gasteiger partial charge in [0.2, 0.25) is 0 Å². The number of nitrogens with one attached hydrogen (secondary N) is 1. The van der Waals surface area contributed by atoms with Crippen LogP contribution in [0.4, 0.5) is 24.5 Å². The zero-order chi connectivity index (χ0) is 22.7. The van der Waals surface area contributed by atoms with Crippen molar-refractivity contribution in [1.82, 2.24) is 0 Å². The Bertz CT molecular complexity index is 988. The van der Waals surface area contributed by atoms with E-state index in [0.717, 1.165) is 18.2 Å². The van der Waals surface area contributed by atoms with Gasteiger partial charge in [-0.1, -0.05) is 11.6 Å². The standard InChI is InChI=1S/C17H17ClF3N2O6P/c1-10(29-30(3,26)27-2)22-14-9-12(5-6-15(14)23(24)25)28-16-7-4-11(8-13(16)18)17(19,20)21/h4-10,22H,1-3H3. The van der Waals surface area contributed by atoms with Gasteiger partial charge in [-0.3, -0.25) is 19.2 Å². The number of benzene rings is 2. The lowest BCUT2D eigenvalue weighted by Gasteiger charge is -2.20. The summed E-state index contributed by atoms with van der Waals surface area (Å²) < 4.78 is 65.5. The largest absolute Gasteiger partial charge is 0.456 e. The van der Waals surface area contributed by atoms with Crippen molar-refractivity contribution < 1.29 is 36.4 Å². The zero-order valence-electron chi connectivity index (χ0n) is 15.9. The molecule has 2 rings (SSSR count). The molecule has 0 heterocycles. The van der Waals surface area contributed by atoms with Crippen LogP contribution >= 0.6 is 19.2 Å². The van der Waals surface area contributed by atoms with Gasteiger partial charge in [-0.2, -0.15) is 13.2 Å². The Hall–Kier alpha value is -2.33. The number of nitrogens with zero attached hydrogens (tertiary/aromatic N) is 1. The molecule has 164 valence electrons. The van der Waals surface area contributed by atoms with E-state index in [0.29, 0.717) is 6.07 Å². The molecule has 0 aromatic heterocycles. The summed E-state index contributed by atoms with van der Waals surface area (Å²) in [4.78, 5) is 10.6. The van der Waals surface area contributed by atoms with Crippen molar-refractivity contribution in [3.05, 3.63) is 57.1 Å². The lowest BCUT2D eigenvalue weighted by atomic mass is 10.2. The summed E-state index contributed by atoms with van der Waals surface area (Å²) in [5, 5.41) is 13.7. The number of nitro benzene ring substituents is 1. The van der Waals surface area contributed by atoms with Crippen LogP contribution in [-0.2, 0) is 19.8 Å². The van der Waals surface area contributed by atoms with E-state index < -0.39 is 30.5 Å². The molecule has 2 aromatic rings. The first kappa shape index (κ1) is 23.9. The van der Waals surface area contributed by atoms with Crippen LogP contribution in [0.3, 0.4) is 0 Å². The molecule has 30 heavy (non-hydrogen) atoms. The Morgan fingerprint density at radius 2 is 1.90 bits per heavy atom. The summed E-state index contributed by atoms with van der Waals surface area (Å²) in [7, 11) is -2.18. The molecule has 0 fully saturated rings. The Morgan fingerprint density at radius 3 is 2.43 bits per heavy atom. The number of hydrogen-bond donors (Lipinski definition) is 1. The topological polar surface area (TPSA) is 99.9 Å². The van der Waals surface area contributed by atoms with Gasteiger partial charge in [-0.15, -0.1) is 0 Å². The van der Waals surface area contributed by atoms with Gasteiger partial charge in [0, 0.05) is 25.9 Å². The van der Waals surface area contributed by atoms with E-state index in [1.165, 1.54) is 32.8 Å². The molecule has 2 unspecified atom stereocenters. The van der Waals surface area contributed by atoms with E-state index >= 15 is 0 Å². The van der Waals surface area contributed by atoms with Gasteiger partial charge in [0.05, 0.1) is 15.5 Å². The molecule has 0 aliphatic carbocycles. The second-order valence-corrected chi connectivity index (χ2v) is 8.55. The normalized spacial score (nSPS) is 14.6. The fraction of sp³-hybridized carbons (Fsp3) is 0.294. The SMILES string of the molecule is COP(C)(=O)OC(C)Nc1cc(Oc2ccc(C(F)(F)F)cc2Cl)ccc1[N+](=O)[O-]. The average molecular weight is 469 g/mol. The Labute approximate surface area is 174 Å². The first-order chi connectivity index (χ1) is 13.8. The molecule has 0 aliphatic heterocycles. The zero-order valence-corrected chi connectivity index (χ0v) is 17.5. The molecule has 0 amide bonds. The van der Waals surface area contributed by atoms with Gasteiger partial charge in [0.1, 0.15) is 23.4 Å². The Kier molecular flexibility index (Phi) is 7.36. The van der Waals surface area contributed by atoms with Crippen LogP contribution < -0.4 is 10.1 Å². The minimum absolute atomic E-state index is 0.0378. The van der Waals surface area contributed by atoms with Crippen molar-refractivity contribution in [2.75, 3.05) is 19.1 Å². The molecule has 0 spiro atoms. The number of anilines is 1. The maximum absolute atomic E-state index is 12.8. The third-order valence-electron chi connectivity index (χ3n) is 3.69. The molecular formula is C17H17ClF3N2O6P. The van der Waals surface area contributed by atoms with Gasteiger partial charge in [-0.25, -0.2) is 0 Å². The molecule has 1 N–H and O–H groups in total. The van der Waals surface area contributed by atoms with Crippen LogP contribution in [0.25, 0.3) is 0 Å². The second-order valence-electron chi connectivity index (χ2n) is 6.03. The highest BCUT2D eigenvalue weighted by molar-refractivity contribution is 7.52. The van der Waals surface area contributed by atoms with E-state index in [2.05, 4.69) is 5.32 Å². The van der Waals surface area contributed by atoms with E-state index in [9.17, 15) is 27.9 Å². The molecular weight excluding hydrogens is 452 g/mol. The van der Waals surface area contributed by atoms with Crippen LogP contribution in [0.1, 0.15) is 12.5 Å².